The lowest BCUT2D eigenvalue weighted by atomic mass is 10.1. The molecule has 3 N–H and O–H groups in total. The molecule has 0 spiro atoms. The van der Waals surface area contributed by atoms with E-state index in [0.29, 0.717) is 0 Å². The molecule has 0 radical (unpaired) electrons. The number of carbonyl (C=O) groups excluding carboxylic acids is 2. The summed E-state index contributed by atoms with van der Waals surface area (Å²) in [4.78, 5) is 25.0. The summed E-state index contributed by atoms with van der Waals surface area (Å²) in [5, 5.41) is 30.5. The minimum Gasteiger partial charge on any atom is -0.394 e. The Morgan fingerprint density at radius 2 is 1.77 bits per heavy atom. The van der Waals surface area contributed by atoms with Gasteiger partial charge in [-0.25, -0.2) is 0 Å². The van der Waals surface area contributed by atoms with Crippen LogP contribution < -0.4 is 0 Å². The summed E-state index contributed by atoms with van der Waals surface area (Å²) in [5.41, 5.74) is 0.260. The molecule has 12 heteroatoms. The summed E-state index contributed by atoms with van der Waals surface area (Å²) < 4.78 is 34.4. The molecule has 0 saturated carbocycles. The zero-order valence-corrected chi connectivity index (χ0v) is 19.5. The highest BCUT2D eigenvalue weighted by Gasteiger charge is 2.51. The Bertz CT molecular complexity index is 675. The maximum Gasteiger partial charge on any atom is 0.333 e. The third-order valence-corrected chi connectivity index (χ3v) is 6.74. The van der Waals surface area contributed by atoms with Crippen molar-refractivity contribution < 1.29 is 48.0 Å². The van der Waals surface area contributed by atoms with Crippen LogP contribution in [-0.4, -0.2) is 95.1 Å². The molecule has 1 amide bonds. The van der Waals surface area contributed by atoms with E-state index in [0.717, 1.165) is 4.90 Å². The van der Waals surface area contributed by atoms with Crippen LogP contribution in [-0.2, 0) is 32.7 Å². The summed E-state index contributed by atoms with van der Waals surface area (Å²) in [6.07, 6.45) is -5.73. The quantitative estimate of drug-likeness (QED) is 0.257. The third kappa shape index (κ3) is 7.73. The number of rotatable bonds is 13. The van der Waals surface area contributed by atoms with E-state index < -0.39 is 50.3 Å². The molecule has 1 rings (SSSR count). The van der Waals surface area contributed by atoms with Crippen molar-refractivity contribution in [2.75, 3.05) is 32.6 Å². The first-order valence-corrected chi connectivity index (χ1v) is 11.8. The van der Waals surface area contributed by atoms with Gasteiger partial charge in [0.1, 0.15) is 18.3 Å². The van der Waals surface area contributed by atoms with Gasteiger partial charge in [-0.15, -0.1) is 0 Å². The van der Waals surface area contributed by atoms with Crippen LogP contribution >= 0.6 is 7.60 Å². The summed E-state index contributed by atoms with van der Waals surface area (Å²) >= 11 is 0. The smallest absolute Gasteiger partial charge is 0.333 e. The Morgan fingerprint density at radius 3 is 2.23 bits per heavy atom. The Labute approximate surface area is 182 Å². The van der Waals surface area contributed by atoms with Gasteiger partial charge in [0.15, 0.2) is 12.0 Å². The number of carbonyl (C=O) groups is 2. The second-order valence-corrected chi connectivity index (χ2v) is 9.14. The molecule has 0 unspecified atom stereocenters. The van der Waals surface area contributed by atoms with Crippen LogP contribution in [0.5, 0.6) is 0 Å². The number of aliphatic hydroxyl groups is 3. The Kier molecular flexibility index (Phi) is 11.5. The van der Waals surface area contributed by atoms with Crippen LogP contribution in [0.2, 0.25) is 0 Å². The molecule has 5 atom stereocenters. The molecular formula is C19H34NO10P. The second-order valence-electron chi connectivity index (χ2n) is 7.03. The molecule has 0 aromatic carbocycles. The zero-order chi connectivity index (χ0) is 23.8. The minimum absolute atomic E-state index is 0.0934. The van der Waals surface area contributed by atoms with E-state index in [1.54, 1.807) is 13.8 Å². The zero-order valence-electron chi connectivity index (χ0n) is 18.6. The van der Waals surface area contributed by atoms with Gasteiger partial charge in [-0.2, -0.15) is 0 Å². The molecule has 1 aliphatic rings. The van der Waals surface area contributed by atoms with Crippen molar-refractivity contribution in [1.29, 1.82) is 0 Å². The van der Waals surface area contributed by atoms with E-state index >= 15 is 0 Å². The molecule has 1 saturated heterocycles. The average molecular weight is 467 g/mol. The normalized spacial score (nSPS) is 25.5. The predicted octanol–water partition coefficient (Wildman–Crippen LogP) is 0.418. The number of hydrogen-bond donors (Lipinski definition) is 3. The van der Waals surface area contributed by atoms with Gasteiger partial charge in [0.05, 0.1) is 38.7 Å². The van der Waals surface area contributed by atoms with Crippen molar-refractivity contribution in [1.82, 2.24) is 4.90 Å². The molecule has 0 aromatic rings. The number of nitrogens with zero attached hydrogens (tertiary/aromatic N) is 1. The van der Waals surface area contributed by atoms with E-state index in [-0.39, 0.29) is 37.8 Å². The van der Waals surface area contributed by atoms with Gasteiger partial charge in [0, 0.05) is 18.7 Å². The van der Waals surface area contributed by atoms with E-state index in [9.17, 15) is 24.4 Å². The molecule has 1 fully saturated rings. The number of amides is 1. The van der Waals surface area contributed by atoms with Crippen molar-refractivity contribution in [2.45, 2.75) is 65.3 Å². The second kappa shape index (κ2) is 12.8. The molecule has 0 bridgehead atoms. The molecule has 1 aliphatic heterocycles. The van der Waals surface area contributed by atoms with Crippen molar-refractivity contribution in [3.8, 4) is 0 Å². The van der Waals surface area contributed by atoms with E-state index in [1.807, 2.05) is 0 Å². The largest absolute Gasteiger partial charge is 0.394 e. The van der Waals surface area contributed by atoms with Crippen LogP contribution in [0.4, 0.5) is 0 Å². The lowest BCUT2D eigenvalue weighted by Crippen LogP contribution is -2.46. The standard InChI is InChI=1S/C19H34NO10P/c1-6-28-31(26,29-7-2)11-15(24)17-16(25)18(27-9-8-21)19(30-17)20(14(5)23)10-12(3)13(4)22/h10,15-19,21,24-25H,6-9,11H2,1-5H3/b12-10-/t15-,16-,17-,18-,19-/m1/s1. The first-order chi connectivity index (χ1) is 14.5. The van der Waals surface area contributed by atoms with Crippen LogP contribution in [0.15, 0.2) is 11.8 Å². The van der Waals surface area contributed by atoms with Crippen LogP contribution in [0.3, 0.4) is 0 Å². The van der Waals surface area contributed by atoms with Crippen LogP contribution in [0.25, 0.3) is 0 Å². The van der Waals surface area contributed by atoms with E-state index in [4.69, 9.17) is 23.6 Å². The van der Waals surface area contributed by atoms with Gasteiger partial charge in [-0.3, -0.25) is 19.1 Å². The highest BCUT2D eigenvalue weighted by molar-refractivity contribution is 7.53. The van der Waals surface area contributed by atoms with Crippen LogP contribution in [0, 0.1) is 0 Å². The van der Waals surface area contributed by atoms with E-state index in [1.165, 1.54) is 27.0 Å². The number of Topliss-reactive ketones (excluding diaryl/α,β-unsaturated/α-hetero) is 1. The SMILES string of the molecule is CCOP(=O)(C[C@@H](O)[C@H]1O[C@@H](N(/C=C(/C)C(C)=O)C(C)=O)[C@H](OCCO)[C@@H]1O)OCC. The van der Waals surface area contributed by atoms with Crippen molar-refractivity contribution in [3.63, 3.8) is 0 Å². The van der Waals surface area contributed by atoms with Crippen molar-refractivity contribution in [2.24, 2.45) is 0 Å². The fourth-order valence-corrected chi connectivity index (χ4v) is 4.84. The summed E-state index contributed by atoms with van der Waals surface area (Å²) in [6, 6.07) is 0. The average Bonchev–Trinajstić information content (AvgIpc) is 3.00. The van der Waals surface area contributed by atoms with Gasteiger partial charge in [-0.1, -0.05) is 0 Å². The Hall–Kier alpha value is -1.17. The van der Waals surface area contributed by atoms with Gasteiger partial charge in [0.25, 0.3) is 0 Å². The number of ether oxygens (including phenoxy) is 2. The lowest BCUT2D eigenvalue weighted by Gasteiger charge is -2.29. The number of hydrogen-bond acceptors (Lipinski definition) is 10. The Morgan fingerprint density at radius 1 is 1.19 bits per heavy atom. The van der Waals surface area contributed by atoms with E-state index in [2.05, 4.69) is 0 Å². The highest BCUT2D eigenvalue weighted by Crippen LogP contribution is 2.49. The summed E-state index contributed by atoms with van der Waals surface area (Å²) in [5.74, 6) is -0.775. The maximum atomic E-state index is 12.8. The van der Waals surface area contributed by atoms with Crippen LogP contribution in [0.1, 0.15) is 34.6 Å². The van der Waals surface area contributed by atoms with Crippen molar-refractivity contribution in [3.05, 3.63) is 11.8 Å². The maximum absolute atomic E-state index is 12.8. The van der Waals surface area contributed by atoms with Gasteiger partial charge < -0.3 is 33.8 Å². The molecule has 1 heterocycles. The predicted molar refractivity (Wildman–Crippen MR) is 110 cm³/mol. The first-order valence-electron chi connectivity index (χ1n) is 10.1. The van der Waals surface area contributed by atoms with Gasteiger partial charge in [-0.05, 0) is 27.7 Å². The minimum atomic E-state index is -3.65. The van der Waals surface area contributed by atoms with Gasteiger partial charge in [0.2, 0.25) is 5.91 Å². The number of allylic oxidation sites excluding steroid dienone is 1. The number of ketones is 1. The molecule has 0 aliphatic carbocycles. The molecular weight excluding hydrogens is 433 g/mol. The third-order valence-electron chi connectivity index (χ3n) is 4.62. The van der Waals surface area contributed by atoms with Gasteiger partial charge >= 0.3 is 7.60 Å². The van der Waals surface area contributed by atoms with Crippen molar-refractivity contribution >= 4 is 19.3 Å². The fourth-order valence-electron chi connectivity index (χ4n) is 3.10. The molecule has 11 nitrogen and oxygen atoms in total. The molecule has 0 aromatic heterocycles. The lowest BCUT2D eigenvalue weighted by molar-refractivity contribution is -0.149. The molecule has 180 valence electrons. The topological polar surface area (TPSA) is 152 Å². The monoisotopic (exact) mass is 467 g/mol. The highest BCUT2D eigenvalue weighted by atomic mass is 31.2. The summed E-state index contributed by atoms with van der Waals surface area (Å²) in [7, 11) is -3.65. The Balaban J connectivity index is 3.20. The first kappa shape index (κ1) is 27.9. The number of aliphatic hydroxyl groups excluding tert-OH is 3. The summed E-state index contributed by atoms with van der Waals surface area (Å²) in [6.45, 7) is 7.01. The fraction of sp³-hybridized carbons (Fsp3) is 0.789. The molecule has 31 heavy (non-hydrogen) atoms.